The molecule has 0 saturated heterocycles. The Morgan fingerprint density at radius 2 is 1.55 bits per heavy atom. The zero-order valence-electron chi connectivity index (χ0n) is 22.5. The average Bonchev–Trinajstić information content (AvgIpc) is 3.35. The van der Waals surface area contributed by atoms with Crippen LogP contribution in [0.5, 0.6) is 0 Å². The summed E-state index contributed by atoms with van der Waals surface area (Å²) in [6.07, 6.45) is 1.78. The summed E-state index contributed by atoms with van der Waals surface area (Å²) in [4.78, 5) is 31.0. The number of benzene rings is 3. The molecule has 0 radical (unpaired) electrons. The molecule has 0 bridgehead atoms. The number of aromatic nitrogens is 1. The van der Waals surface area contributed by atoms with E-state index < -0.39 is 0 Å². The quantitative estimate of drug-likeness (QED) is 0.181. The molecule has 202 valence electrons. The van der Waals surface area contributed by atoms with E-state index in [9.17, 15) is 9.59 Å². The predicted molar refractivity (Wildman–Crippen MR) is 166 cm³/mol. The Kier molecular flexibility index (Phi) is 7.77. The third kappa shape index (κ3) is 6.12. The smallest absolute Gasteiger partial charge is 0.323 e. The van der Waals surface area contributed by atoms with Crippen molar-refractivity contribution in [3.8, 4) is 22.3 Å². The van der Waals surface area contributed by atoms with Gasteiger partial charge >= 0.3 is 6.03 Å². The molecule has 5 rings (SSSR count). The molecule has 0 fully saturated rings. The van der Waals surface area contributed by atoms with E-state index in [1.54, 1.807) is 17.5 Å². The van der Waals surface area contributed by atoms with E-state index in [0.717, 1.165) is 49.3 Å². The molecule has 8 nitrogen and oxygen atoms in total. The van der Waals surface area contributed by atoms with Gasteiger partial charge in [0.05, 0.1) is 6.54 Å². The van der Waals surface area contributed by atoms with Crippen LogP contribution >= 0.6 is 11.3 Å². The number of rotatable bonds is 7. The van der Waals surface area contributed by atoms with Crippen molar-refractivity contribution in [1.29, 1.82) is 0 Å². The summed E-state index contributed by atoms with van der Waals surface area (Å²) in [7, 11) is 3.71. The number of aryl methyl sites for hydroxylation is 1. The van der Waals surface area contributed by atoms with Crippen molar-refractivity contribution in [2.75, 3.05) is 42.3 Å². The molecule has 3 amide bonds. The van der Waals surface area contributed by atoms with E-state index in [0.29, 0.717) is 18.1 Å². The van der Waals surface area contributed by atoms with Crippen LogP contribution in [-0.2, 0) is 4.79 Å². The van der Waals surface area contributed by atoms with Gasteiger partial charge < -0.3 is 26.6 Å². The van der Waals surface area contributed by atoms with Crippen molar-refractivity contribution in [3.05, 3.63) is 89.9 Å². The molecule has 0 atom stereocenters. The van der Waals surface area contributed by atoms with Crippen molar-refractivity contribution in [2.45, 2.75) is 6.92 Å². The minimum Gasteiger partial charge on any atom is -0.383 e. The lowest BCUT2D eigenvalue weighted by atomic mass is 10.0. The second-order valence-electron chi connectivity index (χ2n) is 9.80. The van der Waals surface area contributed by atoms with Gasteiger partial charge in [-0.15, -0.1) is 11.3 Å². The van der Waals surface area contributed by atoms with Crippen LogP contribution < -0.4 is 21.7 Å². The summed E-state index contributed by atoms with van der Waals surface area (Å²) in [6.45, 7) is 2.28. The van der Waals surface area contributed by atoms with Crippen LogP contribution in [-0.4, -0.2) is 42.5 Å². The summed E-state index contributed by atoms with van der Waals surface area (Å²) < 4.78 is 1.01. The maximum atomic E-state index is 12.5. The van der Waals surface area contributed by atoms with Gasteiger partial charge in [-0.2, -0.15) is 0 Å². The van der Waals surface area contributed by atoms with Crippen molar-refractivity contribution in [3.63, 3.8) is 0 Å². The number of thiophene rings is 1. The van der Waals surface area contributed by atoms with Crippen LogP contribution in [0.3, 0.4) is 0 Å². The molecule has 0 aliphatic heterocycles. The third-order valence-electron chi connectivity index (χ3n) is 6.27. The summed E-state index contributed by atoms with van der Waals surface area (Å²) in [6, 6.07) is 22.7. The van der Waals surface area contributed by atoms with Gasteiger partial charge in [0.1, 0.15) is 5.82 Å². The Balaban J connectivity index is 1.38. The van der Waals surface area contributed by atoms with Gasteiger partial charge in [0, 0.05) is 44.5 Å². The Morgan fingerprint density at radius 3 is 2.27 bits per heavy atom. The molecule has 0 saturated carbocycles. The number of amides is 3. The van der Waals surface area contributed by atoms with Crippen molar-refractivity contribution < 1.29 is 9.59 Å². The number of anilines is 4. The number of pyridine rings is 1. The SMILES string of the molecule is Cc1cccc(NC(=O)Nc2ccc(-c3csc4c(-c5cccc(NC(=O)CN(C)C)c5)cnc(N)c34)cc2)c1. The Morgan fingerprint density at radius 1 is 0.850 bits per heavy atom. The normalized spacial score (nSPS) is 11.0. The highest BCUT2D eigenvalue weighted by Gasteiger charge is 2.16. The number of carbonyl (C=O) groups is 2. The highest BCUT2D eigenvalue weighted by molar-refractivity contribution is 7.18. The first kappa shape index (κ1) is 26.9. The van der Waals surface area contributed by atoms with Crippen LogP contribution in [0.1, 0.15) is 5.56 Å². The van der Waals surface area contributed by atoms with E-state index >= 15 is 0 Å². The van der Waals surface area contributed by atoms with Crippen LogP contribution in [0.2, 0.25) is 0 Å². The molecule has 0 aliphatic carbocycles. The minimum absolute atomic E-state index is 0.0771. The number of hydrogen-bond acceptors (Lipinski definition) is 6. The van der Waals surface area contributed by atoms with Crippen LogP contribution in [0, 0.1) is 6.92 Å². The first-order chi connectivity index (χ1) is 19.3. The zero-order valence-corrected chi connectivity index (χ0v) is 23.3. The number of nitrogen functional groups attached to an aromatic ring is 1. The summed E-state index contributed by atoms with van der Waals surface area (Å²) in [5.74, 6) is 0.372. The highest BCUT2D eigenvalue weighted by atomic mass is 32.1. The van der Waals surface area contributed by atoms with Crippen LogP contribution in [0.15, 0.2) is 84.4 Å². The molecule has 9 heteroatoms. The standard InChI is InChI=1S/C31H30N6O2S/c1-19-6-4-8-23(14-19)36-31(39)35-22-12-10-20(11-13-22)26-18-40-29-25(16-33-30(32)28(26)29)21-7-5-9-24(15-21)34-27(38)17-37(2)3/h4-16,18H,17H2,1-3H3,(H2,32,33)(H,34,38)(H2,35,36,39). The average molecular weight is 551 g/mol. The fourth-order valence-corrected chi connectivity index (χ4v) is 5.61. The lowest BCUT2D eigenvalue weighted by Gasteiger charge is -2.12. The van der Waals surface area contributed by atoms with Crippen molar-refractivity contribution in [2.24, 2.45) is 0 Å². The second-order valence-corrected chi connectivity index (χ2v) is 10.7. The van der Waals surface area contributed by atoms with E-state index in [2.05, 4.69) is 26.3 Å². The zero-order chi connectivity index (χ0) is 28.2. The lowest BCUT2D eigenvalue weighted by Crippen LogP contribution is -2.27. The van der Waals surface area contributed by atoms with E-state index in [-0.39, 0.29) is 11.9 Å². The maximum Gasteiger partial charge on any atom is 0.323 e. The minimum atomic E-state index is -0.308. The van der Waals surface area contributed by atoms with Gasteiger partial charge in [-0.3, -0.25) is 4.79 Å². The summed E-state index contributed by atoms with van der Waals surface area (Å²) in [5, 5.41) is 11.6. The maximum absolute atomic E-state index is 12.5. The molecule has 2 aromatic heterocycles. The monoisotopic (exact) mass is 550 g/mol. The number of hydrogen-bond donors (Lipinski definition) is 4. The fraction of sp³-hybridized carbons (Fsp3) is 0.129. The number of nitrogens with zero attached hydrogens (tertiary/aromatic N) is 2. The number of urea groups is 1. The van der Waals surface area contributed by atoms with Gasteiger partial charge in [-0.1, -0.05) is 36.4 Å². The highest BCUT2D eigenvalue weighted by Crippen LogP contribution is 2.42. The fourth-order valence-electron chi connectivity index (χ4n) is 4.49. The number of likely N-dealkylation sites (N-methyl/N-ethyl adjacent to an activating group) is 1. The number of nitrogens with two attached hydrogens (primary N) is 1. The van der Waals surface area contributed by atoms with E-state index in [1.807, 2.05) is 98.7 Å². The molecule has 40 heavy (non-hydrogen) atoms. The van der Waals surface area contributed by atoms with Crippen molar-refractivity contribution in [1.82, 2.24) is 9.88 Å². The molecular formula is C31H30N6O2S. The first-order valence-corrected chi connectivity index (χ1v) is 13.6. The molecule has 3 aromatic carbocycles. The number of nitrogens with one attached hydrogen (secondary N) is 3. The molecule has 5 N–H and O–H groups in total. The van der Waals surface area contributed by atoms with Gasteiger partial charge in [-0.05, 0) is 79.5 Å². The van der Waals surface area contributed by atoms with Crippen LogP contribution in [0.25, 0.3) is 32.3 Å². The van der Waals surface area contributed by atoms with Gasteiger partial charge in [0.2, 0.25) is 5.91 Å². The molecule has 0 spiro atoms. The van der Waals surface area contributed by atoms with Gasteiger partial charge in [0.15, 0.2) is 0 Å². The molecule has 0 aliphatic rings. The largest absolute Gasteiger partial charge is 0.383 e. The molecule has 5 aromatic rings. The molecule has 2 heterocycles. The first-order valence-electron chi connectivity index (χ1n) is 12.7. The molecular weight excluding hydrogens is 520 g/mol. The Labute approximate surface area is 236 Å². The van der Waals surface area contributed by atoms with Crippen LogP contribution in [0.4, 0.5) is 27.7 Å². The topological polar surface area (TPSA) is 112 Å². The van der Waals surface area contributed by atoms with Gasteiger partial charge in [0.25, 0.3) is 0 Å². The van der Waals surface area contributed by atoms with E-state index in [1.165, 1.54) is 0 Å². The van der Waals surface area contributed by atoms with Crippen molar-refractivity contribution >= 4 is 56.2 Å². The third-order valence-corrected chi connectivity index (χ3v) is 7.28. The Hall–Kier alpha value is -4.73. The van der Waals surface area contributed by atoms with Gasteiger partial charge in [-0.25, -0.2) is 9.78 Å². The predicted octanol–water partition coefficient (Wildman–Crippen LogP) is 6.67. The number of fused-ring (bicyclic) bond motifs is 1. The summed E-state index contributed by atoms with van der Waals surface area (Å²) >= 11 is 1.60. The molecule has 0 unspecified atom stereocenters. The summed E-state index contributed by atoms with van der Waals surface area (Å²) in [5.41, 5.74) is 13.4. The van der Waals surface area contributed by atoms with E-state index in [4.69, 9.17) is 5.73 Å². The second kappa shape index (κ2) is 11.6. The Bertz CT molecular complexity index is 1690. The lowest BCUT2D eigenvalue weighted by molar-refractivity contribution is -0.116. The number of carbonyl (C=O) groups excluding carboxylic acids is 2.